The van der Waals surface area contributed by atoms with E-state index in [1.807, 2.05) is 27.5 Å². The molecule has 0 aliphatic rings. The van der Waals surface area contributed by atoms with Crippen molar-refractivity contribution in [2.45, 2.75) is 31.3 Å². The van der Waals surface area contributed by atoms with Crippen LogP contribution in [-0.2, 0) is 32.3 Å². The minimum Gasteiger partial charge on any atom is -0.740 e. The molecule has 24 heavy (non-hydrogen) atoms. The van der Waals surface area contributed by atoms with Gasteiger partial charge in [0.1, 0.15) is 12.4 Å². The van der Waals surface area contributed by atoms with Crippen LogP contribution in [0.3, 0.4) is 0 Å². The number of aryl methyl sites for hydroxylation is 1. The molecule has 0 radical (unpaired) electrons. The first-order valence-electron chi connectivity index (χ1n) is 7.15. The number of hydrogen-bond donors (Lipinski definition) is 0. The number of aromatic nitrogens is 5. The van der Waals surface area contributed by atoms with Gasteiger partial charge in [0.05, 0.1) is 6.33 Å². The van der Waals surface area contributed by atoms with Gasteiger partial charge in [0.25, 0.3) is 0 Å². The molecule has 2 aromatic heterocycles. The van der Waals surface area contributed by atoms with Crippen molar-refractivity contribution < 1.29 is 56.1 Å². The summed E-state index contributed by atoms with van der Waals surface area (Å²) in [6.07, 6.45) is 6.41. The summed E-state index contributed by atoms with van der Waals surface area (Å²) in [5.74, 6) is 1.45. The molecule has 9 heteroatoms. The molecule has 0 bridgehead atoms. The van der Waals surface area contributed by atoms with E-state index in [4.69, 9.17) is 29.0 Å². The number of halogens is 1. The monoisotopic (exact) mass is 387 g/mol. The summed E-state index contributed by atoms with van der Waals surface area (Å²) >= 11 is 11.1. The van der Waals surface area contributed by atoms with Gasteiger partial charge >= 0.3 is 51.4 Å². The Morgan fingerprint density at radius 2 is 1.92 bits per heavy atom. The van der Waals surface area contributed by atoms with Crippen molar-refractivity contribution in [3.63, 3.8) is 0 Å². The molecule has 0 unspecified atom stereocenters. The first-order chi connectivity index (χ1) is 11.2. The molecule has 0 N–H and O–H groups in total. The first-order valence-corrected chi connectivity index (χ1v) is 7.94. The van der Waals surface area contributed by atoms with Crippen LogP contribution in [0.5, 0.6) is 5.75 Å². The molecule has 6 nitrogen and oxygen atoms in total. The molecule has 0 saturated heterocycles. The van der Waals surface area contributed by atoms with Crippen LogP contribution in [0.2, 0.25) is 5.02 Å². The number of nitrogens with zero attached hydrogens (tertiary/aromatic N) is 5. The van der Waals surface area contributed by atoms with Gasteiger partial charge in [-0.1, -0.05) is 11.6 Å². The van der Waals surface area contributed by atoms with Crippen molar-refractivity contribution in [3.05, 3.63) is 53.8 Å². The fraction of sp³-hybridized carbons (Fsp3) is 0.267. The maximum Gasteiger partial charge on any atom is 1.00 e. The van der Waals surface area contributed by atoms with E-state index in [0.717, 1.165) is 31.1 Å². The van der Waals surface area contributed by atoms with Gasteiger partial charge in [-0.05, 0) is 30.7 Å². The number of imidazole rings is 1. The number of hydrogen-bond acceptors (Lipinski definition) is 5. The fourth-order valence-corrected chi connectivity index (χ4v) is 2.52. The van der Waals surface area contributed by atoms with E-state index in [0.29, 0.717) is 16.8 Å². The topological polar surface area (TPSA) is 57.8 Å². The summed E-state index contributed by atoms with van der Waals surface area (Å²) in [6.45, 7) is 1.92. The van der Waals surface area contributed by atoms with Crippen molar-refractivity contribution in [2.24, 2.45) is 0 Å². The van der Waals surface area contributed by atoms with Gasteiger partial charge < -0.3 is 26.5 Å². The number of rotatable bonds is 7. The molecule has 3 rings (SSSR count). The summed E-state index contributed by atoms with van der Waals surface area (Å²) in [5, 5.41) is 9.22. The zero-order valence-electron chi connectivity index (χ0n) is 13.3. The van der Waals surface area contributed by atoms with E-state index >= 15 is 0 Å². The Morgan fingerprint density at radius 1 is 1.12 bits per heavy atom. The average molecular weight is 388 g/mol. The van der Waals surface area contributed by atoms with Crippen molar-refractivity contribution >= 4 is 24.2 Å². The Morgan fingerprint density at radius 3 is 2.62 bits per heavy atom. The summed E-state index contributed by atoms with van der Waals surface area (Å²) in [7, 11) is 0. The summed E-state index contributed by atoms with van der Waals surface area (Å²) in [6, 6.07) is 7.20. The van der Waals surface area contributed by atoms with E-state index in [1.165, 1.54) is 0 Å². The Balaban J connectivity index is 0.00000208. The van der Waals surface area contributed by atoms with Gasteiger partial charge in [-0.3, -0.25) is 0 Å². The molecule has 0 saturated carbocycles. The van der Waals surface area contributed by atoms with Gasteiger partial charge in [0, 0.05) is 35.7 Å². The van der Waals surface area contributed by atoms with Gasteiger partial charge in [0.2, 0.25) is 0 Å². The third kappa shape index (κ3) is 5.52. The van der Waals surface area contributed by atoms with Crippen molar-refractivity contribution in [1.29, 1.82) is 0 Å². The van der Waals surface area contributed by atoms with Gasteiger partial charge in [0.15, 0.2) is 5.82 Å². The van der Waals surface area contributed by atoms with Crippen LogP contribution in [0.4, 0.5) is 0 Å². The maximum absolute atomic E-state index is 5.85. The Kier molecular flexibility index (Phi) is 8.15. The standard InChI is InChI=1S/C15H16ClN5OS.K/c16-12-2-4-13(5-3-12)22-10-14-18-19-15(23)21(14)8-1-7-20-9-6-17-11-20;/h2-6,9,11H,1,7-8,10H2,(H,19,23);/q;+1/p-1. The van der Waals surface area contributed by atoms with E-state index in [9.17, 15) is 0 Å². The Labute approximate surface area is 193 Å². The molecule has 120 valence electrons. The SMILES string of the molecule is [K+].[S-]c1nnc(COc2ccc(Cl)cc2)n1CCCn1ccnc1. The van der Waals surface area contributed by atoms with E-state index in [-0.39, 0.29) is 51.4 Å². The zero-order chi connectivity index (χ0) is 16.1. The van der Waals surface area contributed by atoms with Crippen molar-refractivity contribution in [3.8, 4) is 5.75 Å². The van der Waals surface area contributed by atoms with Crippen LogP contribution in [0.25, 0.3) is 0 Å². The second-order valence-corrected chi connectivity index (χ2v) is 5.75. The third-order valence-corrected chi connectivity index (χ3v) is 3.89. The molecule has 0 aliphatic carbocycles. The van der Waals surface area contributed by atoms with Gasteiger partial charge in [-0.25, -0.2) is 4.98 Å². The Hall–Kier alpha value is -0.484. The molecule has 0 amide bonds. The smallest absolute Gasteiger partial charge is 0.740 e. The molecule has 0 fully saturated rings. The number of benzene rings is 1. The van der Waals surface area contributed by atoms with Crippen LogP contribution in [0.1, 0.15) is 12.2 Å². The molecular formula is C15H15ClKN5OS. The van der Waals surface area contributed by atoms with E-state index < -0.39 is 0 Å². The van der Waals surface area contributed by atoms with Crippen LogP contribution >= 0.6 is 11.6 Å². The van der Waals surface area contributed by atoms with E-state index in [1.54, 1.807) is 24.7 Å². The molecule has 0 atom stereocenters. The van der Waals surface area contributed by atoms with Gasteiger partial charge in [-0.15, -0.1) is 5.10 Å². The zero-order valence-corrected chi connectivity index (χ0v) is 18.0. The molecule has 3 aromatic rings. The van der Waals surface area contributed by atoms with Crippen LogP contribution < -0.4 is 56.1 Å². The maximum atomic E-state index is 5.85. The quantitative estimate of drug-likeness (QED) is 0.412. The second kappa shape index (κ2) is 9.86. The minimum atomic E-state index is 0. The Bertz CT molecular complexity index is 748. The van der Waals surface area contributed by atoms with Crippen molar-refractivity contribution in [1.82, 2.24) is 24.3 Å². The van der Waals surface area contributed by atoms with Crippen LogP contribution in [-0.4, -0.2) is 24.3 Å². The van der Waals surface area contributed by atoms with Crippen LogP contribution in [0, 0.1) is 0 Å². The molecule has 0 aliphatic heterocycles. The van der Waals surface area contributed by atoms with Crippen molar-refractivity contribution in [2.75, 3.05) is 0 Å². The minimum absolute atomic E-state index is 0. The molecular weight excluding hydrogens is 373 g/mol. The normalized spacial score (nSPS) is 10.4. The second-order valence-electron chi connectivity index (χ2n) is 4.95. The molecule has 1 aromatic carbocycles. The third-order valence-electron chi connectivity index (χ3n) is 3.33. The fourth-order valence-electron chi connectivity index (χ4n) is 2.16. The molecule has 2 heterocycles. The largest absolute Gasteiger partial charge is 1.00 e. The predicted molar refractivity (Wildman–Crippen MR) is 88.3 cm³/mol. The average Bonchev–Trinajstić information content (AvgIpc) is 3.18. The van der Waals surface area contributed by atoms with E-state index in [2.05, 4.69) is 15.2 Å². The summed E-state index contributed by atoms with van der Waals surface area (Å²) < 4.78 is 9.64. The molecule has 0 spiro atoms. The predicted octanol–water partition coefficient (Wildman–Crippen LogP) is -0.293. The van der Waals surface area contributed by atoms with Crippen LogP contribution in [0.15, 0.2) is 48.1 Å². The van der Waals surface area contributed by atoms with Gasteiger partial charge in [-0.2, -0.15) is 5.10 Å². The first kappa shape index (κ1) is 19.8. The number of ether oxygens (including phenoxy) is 1. The summed E-state index contributed by atoms with van der Waals surface area (Å²) in [5.41, 5.74) is 0. The summed E-state index contributed by atoms with van der Waals surface area (Å²) in [4.78, 5) is 4.02.